The van der Waals surface area contributed by atoms with Gasteiger partial charge in [0.25, 0.3) is 0 Å². The molecule has 0 spiro atoms. The fraction of sp³-hybridized carbons (Fsp3) is 0.333. The molecule has 0 aromatic heterocycles. The van der Waals surface area contributed by atoms with Crippen LogP contribution in [-0.2, 0) is 22.4 Å². The molecule has 1 aliphatic rings. The number of carbonyl (C=O) groups excluding carboxylic acids is 1. The average molecular weight is 353 g/mol. The molecule has 1 atom stereocenters. The van der Waals surface area contributed by atoms with E-state index in [-0.39, 0.29) is 18.4 Å². The SMILES string of the molecule is CC(C)Oc1cccc(CC(=O)N2CCc3ccccc3C2C(=O)O)c1. The van der Waals surface area contributed by atoms with Gasteiger partial charge in [-0.05, 0) is 49.1 Å². The number of amides is 1. The van der Waals surface area contributed by atoms with E-state index >= 15 is 0 Å². The third-order valence-electron chi connectivity index (χ3n) is 4.46. The molecule has 0 fully saturated rings. The molecule has 1 unspecified atom stereocenters. The van der Waals surface area contributed by atoms with E-state index < -0.39 is 12.0 Å². The minimum atomic E-state index is -0.998. The summed E-state index contributed by atoms with van der Waals surface area (Å²) in [7, 11) is 0. The van der Waals surface area contributed by atoms with Crippen molar-refractivity contribution < 1.29 is 19.4 Å². The summed E-state index contributed by atoms with van der Waals surface area (Å²) in [5, 5.41) is 9.70. The zero-order chi connectivity index (χ0) is 18.7. The molecule has 136 valence electrons. The molecule has 3 rings (SSSR count). The molecule has 0 saturated carbocycles. The van der Waals surface area contributed by atoms with E-state index in [2.05, 4.69) is 0 Å². The Morgan fingerprint density at radius 1 is 1.19 bits per heavy atom. The third-order valence-corrected chi connectivity index (χ3v) is 4.46. The number of hydrogen-bond acceptors (Lipinski definition) is 3. The molecule has 0 saturated heterocycles. The van der Waals surface area contributed by atoms with E-state index in [1.807, 2.05) is 56.3 Å². The van der Waals surface area contributed by atoms with Crippen LogP contribution in [0.4, 0.5) is 0 Å². The van der Waals surface area contributed by atoms with Crippen molar-refractivity contribution in [2.24, 2.45) is 0 Å². The van der Waals surface area contributed by atoms with Crippen molar-refractivity contribution in [3.05, 3.63) is 65.2 Å². The monoisotopic (exact) mass is 353 g/mol. The first-order chi connectivity index (χ1) is 12.5. The Balaban J connectivity index is 1.80. The van der Waals surface area contributed by atoms with Gasteiger partial charge in [0.2, 0.25) is 5.91 Å². The molecule has 1 amide bonds. The van der Waals surface area contributed by atoms with E-state index in [0.717, 1.165) is 11.1 Å². The Morgan fingerprint density at radius 2 is 1.96 bits per heavy atom. The number of carboxylic acid groups (broad SMARTS) is 1. The van der Waals surface area contributed by atoms with E-state index in [4.69, 9.17) is 4.74 Å². The summed E-state index contributed by atoms with van der Waals surface area (Å²) >= 11 is 0. The summed E-state index contributed by atoms with van der Waals surface area (Å²) in [6.07, 6.45) is 0.875. The molecular weight excluding hydrogens is 330 g/mol. The lowest BCUT2D eigenvalue weighted by molar-refractivity contribution is -0.151. The van der Waals surface area contributed by atoms with Gasteiger partial charge in [0.05, 0.1) is 12.5 Å². The molecule has 1 N–H and O–H groups in total. The second kappa shape index (κ2) is 7.60. The molecule has 1 aliphatic heterocycles. The minimum absolute atomic E-state index is 0.0518. The highest BCUT2D eigenvalue weighted by molar-refractivity contribution is 5.86. The maximum Gasteiger partial charge on any atom is 0.331 e. The van der Waals surface area contributed by atoms with E-state index in [0.29, 0.717) is 24.3 Å². The van der Waals surface area contributed by atoms with Gasteiger partial charge in [0.1, 0.15) is 5.75 Å². The summed E-state index contributed by atoms with van der Waals surface area (Å²) in [5.41, 5.74) is 2.52. The number of ether oxygens (including phenoxy) is 1. The van der Waals surface area contributed by atoms with E-state index in [9.17, 15) is 14.7 Å². The molecule has 0 bridgehead atoms. The van der Waals surface area contributed by atoms with Gasteiger partial charge in [0, 0.05) is 6.54 Å². The number of rotatable bonds is 5. The number of benzene rings is 2. The van der Waals surface area contributed by atoms with Gasteiger partial charge in [-0.3, -0.25) is 4.79 Å². The van der Waals surface area contributed by atoms with Gasteiger partial charge in [-0.15, -0.1) is 0 Å². The second-order valence-electron chi connectivity index (χ2n) is 6.77. The fourth-order valence-corrected chi connectivity index (χ4v) is 3.38. The van der Waals surface area contributed by atoms with Gasteiger partial charge in [-0.25, -0.2) is 4.79 Å². The van der Waals surface area contributed by atoms with Crippen molar-refractivity contribution in [1.29, 1.82) is 0 Å². The molecule has 0 aliphatic carbocycles. The number of aliphatic carboxylic acids is 1. The first-order valence-electron chi connectivity index (χ1n) is 8.81. The number of fused-ring (bicyclic) bond motifs is 1. The number of hydrogen-bond donors (Lipinski definition) is 1. The first kappa shape index (κ1) is 18.0. The normalized spacial score (nSPS) is 16.3. The lowest BCUT2D eigenvalue weighted by Crippen LogP contribution is -2.44. The van der Waals surface area contributed by atoms with Crippen LogP contribution in [0.15, 0.2) is 48.5 Å². The molecule has 2 aromatic rings. The van der Waals surface area contributed by atoms with Crippen LogP contribution < -0.4 is 4.74 Å². The van der Waals surface area contributed by atoms with Crippen LogP contribution in [0.3, 0.4) is 0 Å². The topological polar surface area (TPSA) is 66.8 Å². The summed E-state index contributed by atoms with van der Waals surface area (Å²) in [6.45, 7) is 4.30. The lowest BCUT2D eigenvalue weighted by atomic mass is 9.92. The molecular formula is C21H23NO4. The van der Waals surface area contributed by atoms with E-state index in [1.54, 1.807) is 6.07 Å². The van der Waals surface area contributed by atoms with Crippen molar-refractivity contribution in [3.63, 3.8) is 0 Å². The minimum Gasteiger partial charge on any atom is -0.491 e. The predicted molar refractivity (Wildman–Crippen MR) is 98.1 cm³/mol. The lowest BCUT2D eigenvalue weighted by Gasteiger charge is -2.35. The fourth-order valence-electron chi connectivity index (χ4n) is 3.38. The van der Waals surface area contributed by atoms with Crippen molar-refractivity contribution in [2.45, 2.75) is 38.8 Å². The van der Waals surface area contributed by atoms with Crippen molar-refractivity contribution in [1.82, 2.24) is 4.90 Å². The highest BCUT2D eigenvalue weighted by Crippen LogP contribution is 2.30. The third kappa shape index (κ3) is 3.87. The first-order valence-corrected chi connectivity index (χ1v) is 8.81. The van der Waals surface area contributed by atoms with Gasteiger partial charge >= 0.3 is 5.97 Å². The smallest absolute Gasteiger partial charge is 0.331 e. The zero-order valence-electron chi connectivity index (χ0n) is 15.0. The Morgan fingerprint density at radius 3 is 2.69 bits per heavy atom. The van der Waals surface area contributed by atoms with Crippen LogP contribution in [0.2, 0.25) is 0 Å². The van der Waals surface area contributed by atoms with Gasteiger partial charge in [0.15, 0.2) is 6.04 Å². The highest BCUT2D eigenvalue weighted by Gasteiger charge is 2.35. The molecule has 5 nitrogen and oxygen atoms in total. The average Bonchev–Trinajstić information content (AvgIpc) is 2.60. The largest absolute Gasteiger partial charge is 0.491 e. The highest BCUT2D eigenvalue weighted by atomic mass is 16.5. The van der Waals surface area contributed by atoms with Crippen molar-refractivity contribution in [2.75, 3.05) is 6.54 Å². The standard InChI is InChI=1S/C21H23NO4/c1-14(2)26-17-8-5-6-15(12-17)13-19(23)22-11-10-16-7-3-4-9-18(16)20(22)21(24)25/h3-9,12,14,20H,10-11,13H2,1-2H3,(H,24,25). The summed E-state index contributed by atoms with van der Waals surface area (Å²) in [4.78, 5) is 26.2. The van der Waals surface area contributed by atoms with Gasteiger partial charge in [-0.2, -0.15) is 0 Å². The summed E-state index contributed by atoms with van der Waals surface area (Å²) in [6, 6.07) is 13.9. The number of nitrogens with zero attached hydrogens (tertiary/aromatic N) is 1. The van der Waals surface area contributed by atoms with Crippen LogP contribution in [-0.4, -0.2) is 34.5 Å². The molecule has 5 heteroatoms. The van der Waals surface area contributed by atoms with Gasteiger partial charge < -0.3 is 14.7 Å². The second-order valence-corrected chi connectivity index (χ2v) is 6.77. The van der Waals surface area contributed by atoms with Crippen molar-refractivity contribution >= 4 is 11.9 Å². The van der Waals surface area contributed by atoms with Crippen LogP contribution in [0.25, 0.3) is 0 Å². The van der Waals surface area contributed by atoms with Crippen LogP contribution in [0, 0.1) is 0 Å². The molecule has 1 heterocycles. The molecule has 26 heavy (non-hydrogen) atoms. The van der Waals surface area contributed by atoms with Crippen molar-refractivity contribution in [3.8, 4) is 5.75 Å². The number of carbonyl (C=O) groups is 2. The summed E-state index contributed by atoms with van der Waals surface area (Å²) in [5.74, 6) is -0.472. The van der Waals surface area contributed by atoms with Crippen LogP contribution >= 0.6 is 0 Å². The molecule has 0 radical (unpaired) electrons. The Hall–Kier alpha value is -2.82. The molecule has 2 aromatic carbocycles. The van der Waals surface area contributed by atoms with Crippen LogP contribution in [0.1, 0.15) is 36.6 Å². The number of carboxylic acids is 1. The summed E-state index contributed by atoms with van der Waals surface area (Å²) < 4.78 is 5.67. The Labute approximate surface area is 153 Å². The predicted octanol–water partition coefficient (Wildman–Crippen LogP) is 3.23. The van der Waals surface area contributed by atoms with Gasteiger partial charge in [-0.1, -0.05) is 36.4 Å². The zero-order valence-corrected chi connectivity index (χ0v) is 15.0. The maximum absolute atomic E-state index is 12.8. The van der Waals surface area contributed by atoms with Crippen LogP contribution in [0.5, 0.6) is 5.75 Å². The Kier molecular flexibility index (Phi) is 5.26. The van der Waals surface area contributed by atoms with E-state index in [1.165, 1.54) is 4.90 Å². The Bertz CT molecular complexity index is 815. The maximum atomic E-state index is 12.8. The quantitative estimate of drug-likeness (QED) is 0.896.